The highest BCUT2D eigenvalue weighted by Crippen LogP contribution is 2.57. The van der Waals surface area contributed by atoms with Crippen LogP contribution in [-0.4, -0.2) is 84.8 Å². The summed E-state index contributed by atoms with van der Waals surface area (Å²) in [5.41, 5.74) is 1.67. The molecule has 0 radical (unpaired) electrons. The Balaban J connectivity index is 1.17. The molecule has 3 aliphatic heterocycles. The van der Waals surface area contributed by atoms with Crippen LogP contribution in [0, 0.1) is 29.1 Å². The molecule has 0 aromatic heterocycles. The smallest absolute Gasteiger partial charge is 0.410 e. The third kappa shape index (κ3) is 7.35. The van der Waals surface area contributed by atoms with Gasteiger partial charge in [-0.3, -0.25) is 28.8 Å². The van der Waals surface area contributed by atoms with Crippen LogP contribution in [0.3, 0.4) is 0 Å². The number of amides is 3. The SMILES string of the molecule is C=C[C@@H]1C[C@]1(CC(=O)[C@@H]1C[C@@H]2CN1C(=O)[C@H](C1CCCC1)CC(=O)[C@@H](C)COC/C=C/c1cccc3c1CN(C3)C(=O)O2)C(=O)NS(=O)(=O)C1CC1. The molecule has 12 nitrogen and oxygen atoms in total. The molecule has 52 heavy (non-hydrogen) atoms. The van der Waals surface area contributed by atoms with Crippen molar-refractivity contribution in [2.75, 3.05) is 19.8 Å². The number of carbonyl (C=O) groups excluding carboxylic acids is 5. The van der Waals surface area contributed by atoms with E-state index in [1.165, 1.54) is 4.90 Å². The molecule has 1 N–H and O–H groups in total. The summed E-state index contributed by atoms with van der Waals surface area (Å²) in [6.07, 6.45) is 8.55. The van der Waals surface area contributed by atoms with Crippen LogP contribution in [0.5, 0.6) is 0 Å². The lowest BCUT2D eigenvalue weighted by atomic mass is 9.83. The number of ketones is 2. The lowest BCUT2D eigenvalue weighted by Gasteiger charge is -2.31. The van der Waals surface area contributed by atoms with Gasteiger partial charge in [-0.05, 0) is 60.6 Å². The van der Waals surface area contributed by atoms with Crippen LogP contribution in [0.2, 0.25) is 0 Å². The quantitative estimate of drug-likeness (QED) is 0.385. The zero-order valence-electron chi connectivity index (χ0n) is 29.8. The average Bonchev–Trinajstić information content (AvgIpc) is 3.90. The number of nitrogens with one attached hydrogen (secondary N) is 1. The predicted octanol–water partition coefficient (Wildman–Crippen LogP) is 4.31. The van der Waals surface area contributed by atoms with Gasteiger partial charge in [-0.2, -0.15) is 0 Å². The number of allylic oxidation sites excluding steroid dienone is 1. The Kier molecular flexibility index (Phi) is 10.2. The van der Waals surface area contributed by atoms with Gasteiger partial charge in [0.1, 0.15) is 11.9 Å². The molecule has 13 heteroatoms. The van der Waals surface area contributed by atoms with E-state index >= 15 is 0 Å². The minimum Gasteiger partial charge on any atom is -0.444 e. The van der Waals surface area contributed by atoms with Crippen molar-refractivity contribution in [3.8, 4) is 0 Å². The number of sulfonamides is 1. The molecule has 0 spiro atoms. The molecule has 1 aromatic rings. The Bertz CT molecular complexity index is 1780. The van der Waals surface area contributed by atoms with E-state index in [0.717, 1.165) is 42.4 Å². The zero-order chi connectivity index (χ0) is 36.8. The lowest BCUT2D eigenvalue weighted by molar-refractivity contribution is -0.145. The molecule has 3 heterocycles. The highest BCUT2D eigenvalue weighted by atomic mass is 32.2. The van der Waals surface area contributed by atoms with Crippen LogP contribution in [0.25, 0.3) is 6.08 Å². The van der Waals surface area contributed by atoms with Crippen molar-refractivity contribution < 1.29 is 41.9 Å². The Labute approximate surface area is 305 Å². The first-order chi connectivity index (χ1) is 24.9. The number of nitrogens with zero attached hydrogens (tertiary/aromatic N) is 2. The maximum absolute atomic E-state index is 14.7. The Morgan fingerprint density at radius 2 is 1.87 bits per heavy atom. The molecule has 3 amide bonds. The van der Waals surface area contributed by atoms with E-state index in [1.54, 1.807) is 17.9 Å². The van der Waals surface area contributed by atoms with Crippen LogP contribution in [0.4, 0.5) is 4.79 Å². The van der Waals surface area contributed by atoms with Gasteiger partial charge in [-0.1, -0.05) is 56.2 Å². The van der Waals surface area contributed by atoms with Gasteiger partial charge in [-0.25, -0.2) is 13.2 Å². The van der Waals surface area contributed by atoms with Gasteiger partial charge < -0.3 is 14.4 Å². The second-order valence-electron chi connectivity index (χ2n) is 15.8. The first-order valence-corrected chi connectivity index (χ1v) is 20.3. The maximum Gasteiger partial charge on any atom is 0.410 e. The number of ether oxygens (including phenoxy) is 2. The van der Waals surface area contributed by atoms with E-state index in [0.29, 0.717) is 32.5 Å². The van der Waals surface area contributed by atoms with Crippen molar-refractivity contribution in [2.45, 2.75) is 102 Å². The van der Waals surface area contributed by atoms with E-state index in [4.69, 9.17) is 9.47 Å². The van der Waals surface area contributed by atoms with E-state index in [9.17, 15) is 32.4 Å². The molecule has 3 saturated carbocycles. The summed E-state index contributed by atoms with van der Waals surface area (Å²) >= 11 is 0. The standard InChI is InChI=1S/C39H49N3O9S/c1-3-28-18-39(28,37(46)40-52(48,49)30-13-14-30)19-35(44)33-16-29-21-42(33)36(45)31(25-8-4-5-9-25)17-34(43)24(2)23-50-15-7-12-26-10-6-11-27-20-41(22-32(26)27)38(47)51-29/h3,6-7,10-12,24-25,28-31,33H,1,4-5,8-9,13-23H2,2H3,(H,40,46)/b12-7+/t24-,28+,29+,31-,33-,39+/m0/s1. The lowest BCUT2D eigenvalue weighted by Crippen LogP contribution is -2.47. The molecule has 1 saturated heterocycles. The van der Waals surface area contributed by atoms with Crippen molar-refractivity contribution in [1.29, 1.82) is 0 Å². The molecule has 6 aliphatic rings. The second-order valence-corrected chi connectivity index (χ2v) is 17.7. The number of fused-ring (bicyclic) bond motifs is 3. The first kappa shape index (κ1) is 36.5. The summed E-state index contributed by atoms with van der Waals surface area (Å²) in [5.74, 6) is -3.07. The number of hydrogen-bond donors (Lipinski definition) is 1. The second kappa shape index (κ2) is 14.5. The number of rotatable bonds is 8. The van der Waals surface area contributed by atoms with Gasteiger partial charge in [0.2, 0.25) is 21.8 Å². The molecule has 1 aromatic carbocycles. The summed E-state index contributed by atoms with van der Waals surface area (Å²) in [7, 11) is -3.85. The van der Waals surface area contributed by atoms with Crippen LogP contribution < -0.4 is 4.72 Å². The summed E-state index contributed by atoms with van der Waals surface area (Å²) in [4.78, 5) is 72.9. The summed E-state index contributed by atoms with van der Waals surface area (Å²) in [5, 5.41) is -0.609. The fraction of sp³-hybridized carbons (Fsp3) is 0.615. The van der Waals surface area contributed by atoms with Crippen molar-refractivity contribution in [3.05, 3.63) is 53.6 Å². The summed E-state index contributed by atoms with van der Waals surface area (Å²) in [6, 6.07) is 4.87. The third-order valence-corrected chi connectivity index (χ3v) is 14.0. The first-order valence-electron chi connectivity index (χ1n) is 18.8. The van der Waals surface area contributed by atoms with Crippen LogP contribution >= 0.6 is 0 Å². The molecule has 4 fully saturated rings. The van der Waals surface area contributed by atoms with Gasteiger partial charge in [0, 0.05) is 37.6 Å². The largest absolute Gasteiger partial charge is 0.444 e. The van der Waals surface area contributed by atoms with Gasteiger partial charge in [-0.15, -0.1) is 6.58 Å². The van der Waals surface area contributed by atoms with Crippen LogP contribution in [0.1, 0.15) is 87.8 Å². The predicted molar refractivity (Wildman–Crippen MR) is 191 cm³/mol. The summed E-state index contributed by atoms with van der Waals surface area (Å²) in [6.45, 7) is 6.80. The number of benzene rings is 1. The minimum atomic E-state index is -3.85. The molecule has 4 bridgehead atoms. The highest BCUT2D eigenvalue weighted by Gasteiger charge is 2.61. The van der Waals surface area contributed by atoms with Gasteiger partial charge in [0.05, 0.1) is 43.0 Å². The van der Waals surface area contributed by atoms with Crippen molar-refractivity contribution in [1.82, 2.24) is 14.5 Å². The van der Waals surface area contributed by atoms with Crippen molar-refractivity contribution in [2.24, 2.45) is 29.1 Å². The molecule has 7 rings (SSSR count). The average molecular weight is 736 g/mol. The fourth-order valence-corrected chi connectivity index (χ4v) is 10.1. The van der Waals surface area contributed by atoms with Gasteiger partial charge >= 0.3 is 6.09 Å². The van der Waals surface area contributed by atoms with E-state index in [1.807, 2.05) is 30.4 Å². The molecule has 0 unspecified atom stereocenters. The molecular formula is C39H49N3O9S. The molecule has 6 atom stereocenters. The van der Waals surface area contributed by atoms with Crippen molar-refractivity contribution in [3.63, 3.8) is 0 Å². The van der Waals surface area contributed by atoms with E-state index < -0.39 is 68.4 Å². The number of carbonyl (C=O) groups is 5. The Morgan fingerprint density at radius 1 is 1.10 bits per heavy atom. The monoisotopic (exact) mass is 735 g/mol. The zero-order valence-corrected chi connectivity index (χ0v) is 30.6. The fourth-order valence-electron chi connectivity index (χ4n) is 8.72. The van der Waals surface area contributed by atoms with Crippen molar-refractivity contribution >= 4 is 45.6 Å². The Morgan fingerprint density at radius 3 is 2.58 bits per heavy atom. The molecule has 3 aliphatic carbocycles. The summed E-state index contributed by atoms with van der Waals surface area (Å²) < 4.78 is 39.6. The highest BCUT2D eigenvalue weighted by molar-refractivity contribution is 7.90. The van der Waals surface area contributed by atoms with Crippen LogP contribution in [-0.2, 0) is 51.8 Å². The van der Waals surface area contributed by atoms with Crippen LogP contribution in [0.15, 0.2) is 36.9 Å². The normalized spacial score (nSPS) is 32.1. The molecule has 280 valence electrons. The van der Waals surface area contributed by atoms with E-state index in [2.05, 4.69) is 11.3 Å². The minimum absolute atomic E-state index is 0.0135. The maximum atomic E-state index is 14.7. The molecular weight excluding hydrogens is 687 g/mol. The van der Waals surface area contributed by atoms with E-state index in [-0.39, 0.29) is 56.4 Å². The third-order valence-electron chi connectivity index (χ3n) is 12.2. The number of Topliss-reactive ketones (excluding diaryl/α,β-unsaturated/α-hetero) is 2. The van der Waals surface area contributed by atoms with Gasteiger partial charge in [0.25, 0.3) is 0 Å². The number of hydrogen-bond acceptors (Lipinski definition) is 9. The Hall–Kier alpha value is -3.84. The van der Waals surface area contributed by atoms with Gasteiger partial charge in [0.15, 0.2) is 5.78 Å². The topological polar surface area (TPSA) is 156 Å².